The van der Waals surface area contributed by atoms with Crippen molar-refractivity contribution in [2.45, 2.75) is 0 Å². The number of piperazine rings is 1. The highest BCUT2D eigenvalue weighted by molar-refractivity contribution is 7.14. The predicted molar refractivity (Wildman–Crippen MR) is 120 cm³/mol. The lowest BCUT2D eigenvalue weighted by atomic mass is 10.1. The largest absolute Gasteiger partial charge is 0.352 e. The minimum absolute atomic E-state index is 0.0308. The van der Waals surface area contributed by atoms with E-state index in [1.165, 1.54) is 11.5 Å². The fourth-order valence-electron chi connectivity index (χ4n) is 3.66. The number of amides is 1. The summed E-state index contributed by atoms with van der Waals surface area (Å²) in [5.74, 6) is 0.918. The molecule has 1 amide bonds. The molecule has 1 aliphatic rings. The van der Waals surface area contributed by atoms with Crippen molar-refractivity contribution < 1.29 is 4.79 Å². The molecular formula is C22H18ClN5OS. The topological polar surface area (TPSA) is 62.2 Å². The van der Waals surface area contributed by atoms with Crippen LogP contribution in [0.2, 0.25) is 5.02 Å². The normalized spacial score (nSPS) is 14.3. The summed E-state index contributed by atoms with van der Waals surface area (Å²) in [5, 5.41) is 0.628. The third-order valence-electron chi connectivity index (χ3n) is 5.24. The fraction of sp³-hybridized carbons (Fsp3) is 0.182. The number of anilines is 1. The molecule has 0 bridgehead atoms. The van der Waals surface area contributed by atoms with Gasteiger partial charge in [0.25, 0.3) is 5.91 Å². The van der Waals surface area contributed by atoms with Crippen LogP contribution in [0.3, 0.4) is 0 Å². The quantitative estimate of drug-likeness (QED) is 0.478. The molecule has 0 radical (unpaired) electrons. The predicted octanol–water partition coefficient (Wildman–Crippen LogP) is 4.37. The third kappa shape index (κ3) is 3.51. The summed E-state index contributed by atoms with van der Waals surface area (Å²) in [5.41, 5.74) is 3.46. The zero-order valence-corrected chi connectivity index (χ0v) is 17.6. The van der Waals surface area contributed by atoms with Crippen LogP contribution < -0.4 is 4.90 Å². The van der Waals surface area contributed by atoms with Gasteiger partial charge in [0.2, 0.25) is 0 Å². The SMILES string of the molecule is O=C(c1ccc(Cl)cc1)N1CCN(c2ncnc3c(-c4ccccc4)nsc23)CC1. The number of benzene rings is 2. The van der Waals surface area contributed by atoms with Crippen LogP contribution in [0.5, 0.6) is 0 Å². The number of rotatable bonds is 3. The van der Waals surface area contributed by atoms with Gasteiger partial charge in [0.1, 0.15) is 22.2 Å². The molecule has 2 aromatic carbocycles. The standard InChI is InChI=1S/C22H18ClN5OS/c23-17-8-6-16(7-9-17)22(29)28-12-10-27(11-13-28)21-20-19(24-14-25-21)18(26-30-20)15-4-2-1-3-5-15/h1-9,14H,10-13H2. The van der Waals surface area contributed by atoms with E-state index in [0.717, 1.165) is 27.3 Å². The van der Waals surface area contributed by atoms with Gasteiger partial charge in [0.15, 0.2) is 5.82 Å². The van der Waals surface area contributed by atoms with Crippen molar-refractivity contribution in [1.29, 1.82) is 0 Å². The lowest BCUT2D eigenvalue weighted by molar-refractivity contribution is 0.0746. The lowest BCUT2D eigenvalue weighted by Crippen LogP contribution is -2.49. The molecule has 2 aromatic heterocycles. The molecule has 0 saturated carbocycles. The highest BCUT2D eigenvalue weighted by atomic mass is 35.5. The average Bonchev–Trinajstić information content (AvgIpc) is 3.24. The van der Waals surface area contributed by atoms with Crippen molar-refractivity contribution in [3.63, 3.8) is 0 Å². The second kappa shape index (κ2) is 8.01. The maximum absolute atomic E-state index is 12.8. The first kappa shape index (κ1) is 19.0. The molecule has 150 valence electrons. The highest BCUT2D eigenvalue weighted by Crippen LogP contribution is 2.34. The van der Waals surface area contributed by atoms with E-state index in [1.807, 2.05) is 35.2 Å². The van der Waals surface area contributed by atoms with Crippen LogP contribution in [0.1, 0.15) is 10.4 Å². The summed E-state index contributed by atoms with van der Waals surface area (Å²) in [6, 6.07) is 17.1. The zero-order chi connectivity index (χ0) is 20.5. The summed E-state index contributed by atoms with van der Waals surface area (Å²) in [4.78, 5) is 25.9. The Morgan fingerprint density at radius 3 is 2.40 bits per heavy atom. The second-order valence-corrected chi connectivity index (χ2v) is 8.27. The third-order valence-corrected chi connectivity index (χ3v) is 6.33. The van der Waals surface area contributed by atoms with E-state index in [0.29, 0.717) is 36.8 Å². The Bertz CT molecular complexity index is 1190. The van der Waals surface area contributed by atoms with Gasteiger partial charge in [-0.25, -0.2) is 9.97 Å². The Hall–Kier alpha value is -3.03. The van der Waals surface area contributed by atoms with E-state index in [9.17, 15) is 4.79 Å². The summed E-state index contributed by atoms with van der Waals surface area (Å²) >= 11 is 7.35. The fourth-order valence-corrected chi connectivity index (χ4v) is 4.66. The van der Waals surface area contributed by atoms with E-state index in [1.54, 1.807) is 30.6 Å². The Morgan fingerprint density at radius 1 is 0.933 bits per heavy atom. The molecule has 0 spiro atoms. The highest BCUT2D eigenvalue weighted by Gasteiger charge is 2.25. The molecule has 3 heterocycles. The molecule has 0 unspecified atom stereocenters. The van der Waals surface area contributed by atoms with E-state index >= 15 is 0 Å². The summed E-state index contributed by atoms with van der Waals surface area (Å²) < 4.78 is 5.63. The maximum atomic E-state index is 12.8. The van der Waals surface area contributed by atoms with Crippen LogP contribution in [0.4, 0.5) is 5.82 Å². The van der Waals surface area contributed by atoms with Gasteiger partial charge < -0.3 is 9.80 Å². The second-order valence-electron chi connectivity index (χ2n) is 7.06. The first-order chi connectivity index (χ1) is 14.7. The van der Waals surface area contributed by atoms with Gasteiger partial charge in [0, 0.05) is 42.3 Å². The molecule has 8 heteroatoms. The molecule has 1 saturated heterocycles. The van der Waals surface area contributed by atoms with Crippen LogP contribution >= 0.6 is 23.1 Å². The number of carbonyl (C=O) groups is 1. The Balaban J connectivity index is 1.36. The number of nitrogens with zero attached hydrogens (tertiary/aromatic N) is 5. The van der Waals surface area contributed by atoms with Gasteiger partial charge >= 0.3 is 0 Å². The number of fused-ring (bicyclic) bond motifs is 1. The van der Waals surface area contributed by atoms with Crippen molar-refractivity contribution in [2.75, 3.05) is 31.1 Å². The molecule has 0 aliphatic carbocycles. The van der Waals surface area contributed by atoms with E-state index in [-0.39, 0.29) is 5.91 Å². The molecular weight excluding hydrogens is 418 g/mol. The molecule has 1 aliphatic heterocycles. The van der Waals surface area contributed by atoms with Crippen LogP contribution in [-0.2, 0) is 0 Å². The van der Waals surface area contributed by atoms with Crippen molar-refractivity contribution in [2.24, 2.45) is 0 Å². The van der Waals surface area contributed by atoms with Crippen LogP contribution in [0.25, 0.3) is 21.5 Å². The molecule has 5 rings (SSSR count). The molecule has 0 N–H and O–H groups in total. The maximum Gasteiger partial charge on any atom is 0.253 e. The summed E-state index contributed by atoms with van der Waals surface area (Å²) in [7, 11) is 0. The van der Waals surface area contributed by atoms with Crippen LogP contribution in [0, 0.1) is 0 Å². The molecule has 6 nitrogen and oxygen atoms in total. The van der Waals surface area contributed by atoms with E-state index in [2.05, 4.69) is 19.2 Å². The van der Waals surface area contributed by atoms with Crippen LogP contribution in [0.15, 0.2) is 60.9 Å². The first-order valence-corrected chi connectivity index (χ1v) is 10.8. The molecule has 30 heavy (non-hydrogen) atoms. The minimum atomic E-state index is 0.0308. The van der Waals surface area contributed by atoms with Gasteiger partial charge in [0.05, 0.1) is 0 Å². The zero-order valence-electron chi connectivity index (χ0n) is 16.0. The number of hydrogen-bond acceptors (Lipinski definition) is 6. The monoisotopic (exact) mass is 435 g/mol. The average molecular weight is 436 g/mol. The number of hydrogen-bond donors (Lipinski definition) is 0. The minimum Gasteiger partial charge on any atom is -0.352 e. The van der Waals surface area contributed by atoms with Gasteiger partial charge in [-0.05, 0) is 35.8 Å². The van der Waals surface area contributed by atoms with Crippen LogP contribution in [-0.4, -0.2) is 51.3 Å². The number of halogens is 1. The van der Waals surface area contributed by atoms with Gasteiger partial charge in [-0.2, -0.15) is 4.37 Å². The number of aromatic nitrogens is 3. The van der Waals surface area contributed by atoms with Gasteiger partial charge in [-0.15, -0.1) is 0 Å². The molecule has 4 aromatic rings. The van der Waals surface area contributed by atoms with Crippen molar-refractivity contribution in [3.05, 3.63) is 71.5 Å². The van der Waals surface area contributed by atoms with E-state index < -0.39 is 0 Å². The Labute approximate surface area is 182 Å². The molecule has 0 atom stereocenters. The Kier molecular flexibility index (Phi) is 5.06. The number of carbonyl (C=O) groups excluding carboxylic acids is 1. The summed E-state index contributed by atoms with van der Waals surface area (Å²) in [6.07, 6.45) is 1.60. The van der Waals surface area contributed by atoms with Crippen molar-refractivity contribution in [1.82, 2.24) is 19.2 Å². The first-order valence-electron chi connectivity index (χ1n) is 9.66. The van der Waals surface area contributed by atoms with E-state index in [4.69, 9.17) is 11.6 Å². The van der Waals surface area contributed by atoms with Crippen molar-refractivity contribution in [3.8, 4) is 11.3 Å². The van der Waals surface area contributed by atoms with Crippen molar-refractivity contribution >= 4 is 45.1 Å². The molecule has 1 fully saturated rings. The van der Waals surface area contributed by atoms with Gasteiger partial charge in [-0.3, -0.25) is 4.79 Å². The van der Waals surface area contributed by atoms with Gasteiger partial charge in [-0.1, -0.05) is 41.9 Å². The Morgan fingerprint density at radius 2 is 1.67 bits per heavy atom. The lowest BCUT2D eigenvalue weighted by Gasteiger charge is -2.35. The smallest absolute Gasteiger partial charge is 0.253 e. The summed E-state index contributed by atoms with van der Waals surface area (Å²) in [6.45, 7) is 2.70.